The molecule has 2 aromatic carbocycles. The molecule has 0 saturated heterocycles. The summed E-state index contributed by atoms with van der Waals surface area (Å²) in [6.45, 7) is 0.646. The summed E-state index contributed by atoms with van der Waals surface area (Å²) in [7, 11) is 0. The molecule has 0 radical (unpaired) electrons. The monoisotopic (exact) mass is 328 g/mol. The Morgan fingerprint density at radius 1 is 0.950 bits per heavy atom. The molecule has 0 bridgehead atoms. The highest BCUT2D eigenvalue weighted by Gasteiger charge is 2.26. The summed E-state index contributed by atoms with van der Waals surface area (Å²) < 4.78 is 7.19. The van der Waals surface area contributed by atoms with Crippen LogP contribution in [-0.2, 0) is 11.3 Å². The lowest BCUT2D eigenvalue weighted by Gasteiger charge is -2.11. The van der Waals surface area contributed by atoms with Gasteiger partial charge in [-0.25, -0.2) is 0 Å². The largest absolute Gasteiger partial charge is 0.492 e. The van der Waals surface area contributed by atoms with Crippen LogP contribution in [0.4, 0.5) is 0 Å². The highest BCUT2D eigenvalue weighted by molar-refractivity contribution is 9.11. The Hall–Kier alpha value is -1.54. The van der Waals surface area contributed by atoms with E-state index in [1.807, 2.05) is 18.2 Å². The average molecular weight is 329 g/mol. The fourth-order valence-electron chi connectivity index (χ4n) is 2.60. The van der Waals surface area contributed by atoms with E-state index in [2.05, 4.69) is 58.4 Å². The van der Waals surface area contributed by atoms with E-state index in [0.717, 1.165) is 18.6 Å². The Morgan fingerprint density at radius 2 is 1.60 bits per heavy atom. The summed E-state index contributed by atoms with van der Waals surface area (Å²) in [6, 6.07) is 20.9. The Balaban J connectivity index is 1.70. The number of benzene rings is 2. The molecule has 0 fully saturated rings. The van der Waals surface area contributed by atoms with Crippen LogP contribution in [0.5, 0.6) is 0 Å². The van der Waals surface area contributed by atoms with Crippen molar-refractivity contribution in [2.75, 3.05) is 0 Å². The van der Waals surface area contributed by atoms with Crippen molar-refractivity contribution in [2.45, 2.75) is 25.4 Å². The Morgan fingerprint density at radius 3 is 2.30 bits per heavy atom. The molecular formula is C18H17BrO. The van der Waals surface area contributed by atoms with Crippen molar-refractivity contribution in [3.8, 4) is 0 Å². The van der Waals surface area contributed by atoms with E-state index < -0.39 is 0 Å². The van der Waals surface area contributed by atoms with Crippen LogP contribution in [0.15, 0.2) is 70.9 Å². The highest BCUT2D eigenvalue weighted by atomic mass is 79.9. The van der Waals surface area contributed by atoms with Crippen LogP contribution in [0.1, 0.15) is 29.9 Å². The maximum absolute atomic E-state index is 5.99. The third kappa shape index (κ3) is 2.96. The van der Waals surface area contributed by atoms with Gasteiger partial charge in [-0.15, -0.1) is 0 Å². The molecule has 20 heavy (non-hydrogen) atoms. The van der Waals surface area contributed by atoms with Gasteiger partial charge in [0.25, 0.3) is 0 Å². The van der Waals surface area contributed by atoms with Gasteiger partial charge in [0.15, 0.2) is 0 Å². The smallest absolute Gasteiger partial charge is 0.113 e. The van der Waals surface area contributed by atoms with Gasteiger partial charge in [0.1, 0.15) is 12.4 Å². The van der Waals surface area contributed by atoms with Crippen molar-refractivity contribution in [3.05, 3.63) is 82.0 Å². The number of halogens is 1. The van der Waals surface area contributed by atoms with E-state index >= 15 is 0 Å². The van der Waals surface area contributed by atoms with Crippen LogP contribution in [0, 0.1) is 0 Å². The molecule has 1 aliphatic carbocycles. The minimum absolute atomic E-state index is 0.446. The average Bonchev–Trinajstić information content (AvgIpc) is 2.88. The van der Waals surface area contributed by atoms with Crippen LogP contribution in [0.2, 0.25) is 0 Å². The van der Waals surface area contributed by atoms with E-state index in [1.165, 1.54) is 15.6 Å². The SMILES string of the molecule is BrC1=C(OCc2ccccc2)CCC1c1ccccc1. The molecule has 0 amide bonds. The van der Waals surface area contributed by atoms with Gasteiger partial charge >= 0.3 is 0 Å². The summed E-state index contributed by atoms with van der Waals surface area (Å²) in [5.41, 5.74) is 2.57. The Kier molecular flexibility index (Phi) is 4.22. The second kappa shape index (κ2) is 6.27. The molecule has 0 spiro atoms. The maximum atomic E-state index is 5.99. The van der Waals surface area contributed by atoms with Gasteiger partial charge in [0.2, 0.25) is 0 Å². The summed E-state index contributed by atoms with van der Waals surface area (Å²) >= 11 is 3.74. The van der Waals surface area contributed by atoms with Crippen LogP contribution < -0.4 is 0 Å². The molecule has 0 heterocycles. The third-order valence-corrected chi connectivity index (χ3v) is 4.69. The van der Waals surface area contributed by atoms with Gasteiger partial charge in [-0.1, -0.05) is 76.6 Å². The quantitative estimate of drug-likeness (QED) is 0.731. The van der Waals surface area contributed by atoms with Crippen molar-refractivity contribution < 1.29 is 4.74 Å². The van der Waals surface area contributed by atoms with E-state index in [9.17, 15) is 0 Å². The van der Waals surface area contributed by atoms with Crippen LogP contribution in [0.25, 0.3) is 0 Å². The lowest BCUT2D eigenvalue weighted by molar-refractivity contribution is 0.192. The number of hydrogen-bond donors (Lipinski definition) is 0. The standard InChI is InChI=1S/C18H17BrO/c19-18-16(15-9-5-2-6-10-15)11-12-17(18)20-13-14-7-3-1-4-8-14/h1-10,16H,11-13H2. The van der Waals surface area contributed by atoms with Crippen LogP contribution in [-0.4, -0.2) is 0 Å². The molecular weight excluding hydrogens is 312 g/mol. The molecule has 0 aromatic heterocycles. The van der Waals surface area contributed by atoms with Gasteiger partial charge in [-0.05, 0) is 17.5 Å². The zero-order chi connectivity index (χ0) is 13.8. The molecule has 102 valence electrons. The fourth-order valence-corrected chi connectivity index (χ4v) is 3.41. The second-order valence-corrected chi connectivity index (χ2v) is 5.90. The molecule has 2 heteroatoms. The predicted octanol–water partition coefficient (Wildman–Crippen LogP) is 5.39. The first kappa shape index (κ1) is 13.4. The van der Waals surface area contributed by atoms with Gasteiger partial charge in [0.05, 0.1) is 0 Å². The van der Waals surface area contributed by atoms with Crippen molar-refractivity contribution in [1.82, 2.24) is 0 Å². The summed E-state index contributed by atoms with van der Waals surface area (Å²) in [5, 5.41) is 0. The summed E-state index contributed by atoms with van der Waals surface area (Å²) in [5.74, 6) is 1.55. The first-order chi connectivity index (χ1) is 9.84. The van der Waals surface area contributed by atoms with Crippen LogP contribution in [0.3, 0.4) is 0 Å². The predicted molar refractivity (Wildman–Crippen MR) is 85.6 cm³/mol. The van der Waals surface area contributed by atoms with E-state index in [4.69, 9.17) is 4.74 Å². The Bertz CT molecular complexity index is 589. The van der Waals surface area contributed by atoms with E-state index in [-0.39, 0.29) is 0 Å². The second-order valence-electron chi connectivity index (χ2n) is 5.05. The zero-order valence-electron chi connectivity index (χ0n) is 11.3. The normalized spacial score (nSPS) is 18.4. The molecule has 0 saturated carbocycles. The molecule has 1 unspecified atom stereocenters. The van der Waals surface area contributed by atoms with Gasteiger partial charge in [-0.3, -0.25) is 0 Å². The first-order valence-corrected chi connectivity index (χ1v) is 7.74. The molecule has 0 aliphatic heterocycles. The van der Waals surface area contributed by atoms with Crippen LogP contribution >= 0.6 is 15.9 Å². The summed E-state index contributed by atoms with van der Waals surface area (Å²) in [6.07, 6.45) is 2.13. The Labute approximate surface area is 128 Å². The molecule has 3 rings (SSSR count). The molecule has 2 aromatic rings. The van der Waals surface area contributed by atoms with Crippen molar-refractivity contribution in [3.63, 3.8) is 0 Å². The van der Waals surface area contributed by atoms with Gasteiger partial charge in [-0.2, -0.15) is 0 Å². The van der Waals surface area contributed by atoms with Crippen molar-refractivity contribution >= 4 is 15.9 Å². The highest BCUT2D eigenvalue weighted by Crippen LogP contribution is 2.43. The molecule has 1 nitrogen and oxygen atoms in total. The zero-order valence-corrected chi connectivity index (χ0v) is 12.8. The lowest BCUT2D eigenvalue weighted by Crippen LogP contribution is -1.94. The number of allylic oxidation sites excluding steroid dienone is 2. The third-order valence-electron chi connectivity index (χ3n) is 3.69. The number of rotatable bonds is 4. The minimum Gasteiger partial charge on any atom is -0.492 e. The first-order valence-electron chi connectivity index (χ1n) is 6.95. The topological polar surface area (TPSA) is 9.23 Å². The van der Waals surface area contributed by atoms with Crippen molar-refractivity contribution in [2.24, 2.45) is 0 Å². The number of hydrogen-bond acceptors (Lipinski definition) is 1. The lowest BCUT2D eigenvalue weighted by atomic mass is 9.99. The molecule has 0 N–H and O–H groups in total. The fraction of sp³-hybridized carbons (Fsp3) is 0.222. The number of ether oxygens (including phenoxy) is 1. The van der Waals surface area contributed by atoms with E-state index in [1.54, 1.807) is 0 Å². The van der Waals surface area contributed by atoms with Gasteiger partial charge < -0.3 is 4.74 Å². The maximum Gasteiger partial charge on any atom is 0.113 e. The minimum atomic E-state index is 0.446. The molecule has 1 atom stereocenters. The van der Waals surface area contributed by atoms with Gasteiger partial charge in [0, 0.05) is 16.8 Å². The van der Waals surface area contributed by atoms with E-state index in [0.29, 0.717) is 12.5 Å². The summed E-state index contributed by atoms with van der Waals surface area (Å²) in [4.78, 5) is 0. The van der Waals surface area contributed by atoms with Crippen molar-refractivity contribution in [1.29, 1.82) is 0 Å². The molecule has 1 aliphatic rings.